The zero-order valence-corrected chi connectivity index (χ0v) is 11.7. The van der Waals surface area contributed by atoms with Crippen LogP contribution < -0.4 is 5.32 Å². The second-order valence-corrected chi connectivity index (χ2v) is 6.28. The SMILES string of the molecule is CC1SCCCC1Nc1cccc(-c2nnco2)c1. The van der Waals surface area contributed by atoms with Gasteiger partial charge in [0.15, 0.2) is 0 Å². The number of thioether (sulfide) groups is 1. The van der Waals surface area contributed by atoms with E-state index in [4.69, 9.17) is 4.42 Å². The summed E-state index contributed by atoms with van der Waals surface area (Å²) in [4.78, 5) is 0. The van der Waals surface area contributed by atoms with Crippen LogP contribution >= 0.6 is 11.8 Å². The number of nitrogens with one attached hydrogen (secondary N) is 1. The Bertz CT molecular complexity index is 529. The van der Waals surface area contributed by atoms with Gasteiger partial charge < -0.3 is 9.73 Å². The van der Waals surface area contributed by atoms with E-state index in [1.165, 1.54) is 25.0 Å². The first kappa shape index (κ1) is 12.5. The monoisotopic (exact) mass is 275 g/mol. The lowest BCUT2D eigenvalue weighted by Crippen LogP contribution is -2.32. The Hall–Kier alpha value is -1.49. The fourth-order valence-corrected chi connectivity index (χ4v) is 3.51. The van der Waals surface area contributed by atoms with Crippen molar-refractivity contribution in [2.75, 3.05) is 11.1 Å². The molecule has 0 saturated carbocycles. The van der Waals surface area contributed by atoms with Crippen LogP contribution in [0.5, 0.6) is 0 Å². The molecule has 0 bridgehead atoms. The zero-order chi connectivity index (χ0) is 13.1. The molecule has 1 N–H and O–H groups in total. The van der Waals surface area contributed by atoms with E-state index in [0.29, 0.717) is 17.2 Å². The third kappa shape index (κ3) is 2.92. The van der Waals surface area contributed by atoms with Gasteiger partial charge in [-0.05, 0) is 36.8 Å². The summed E-state index contributed by atoms with van der Waals surface area (Å²) in [5.74, 6) is 1.84. The molecule has 1 aromatic carbocycles. The summed E-state index contributed by atoms with van der Waals surface area (Å²) in [5.41, 5.74) is 2.08. The lowest BCUT2D eigenvalue weighted by molar-refractivity contribution is 0.568. The molecule has 19 heavy (non-hydrogen) atoms. The lowest BCUT2D eigenvalue weighted by atomic mass is 10.1. The van der Waals surface area contributed by atoms with E-state index >= 15 is 0 Å². The van der Waals surface area contributed by atoms with E-state index in [1.807, 2.05) is 23.9 Å². The van der Waals surface area contributed by atoms with Gasteiger partial charge in [-0.25, -0.2) is 0 Å². The standard InChI is InChI=1S/C14H17N3OS/c1-10-13(6-3-7-19-10)16-12-5-2-4-11(8-12)14-17-15-9-18-14/h2,4-5,8-10,13,16H,3,6-7H2,1H3. The summed E-state index contributed by atoms with van der Waals surface area (Å²) < 4.78 is 5.23. The molecule has 1 aliphatic heterocycles. The molecule has 0 aliphatic carbocycles. The van der Waals surface area contributed by atoms with Gasteiger partial charge in [0.25, 0.3) is 0 Å². The lowest BCUT2D eigenvalue weighted by Gasteiger charge is -2.30. The van der Waals surface area contributed by atoms with Crippen molar-refractivity contribution in [3.05, 3.63) is 30.7 Å². The van der Waals surface area contributed by atoms with Crippen LogP contribution in [0.1, 0.15) is 19.8 Å². The zero-order valence-electron chi connectivity index (χ0n) is 10.9. The number of benzene rings is 1. The Kier molecular flexibility index (Phi) is 3.73. The maximum atomic E-state index is 5.23. The van der Waals surface area contributed by atoms with Crippen LogP contribution in [-0.4, -0.2) is 27.2 Å². The first-order chi connectivity index (χ1) is 9.33. The Morgan fingerprint density at radius 3 is 3.16 bits per heavy atom. The normalized spacial score (nSPS) is 23.2. The molecule has 2 aromatic rings. The molecule has 0 radical (unpaired) electrons. The van der Waals surface area contributed by atoms with Crippen LogP contribution in [0, 0.1) is 0 Å². The predicted octanol–water partition coefficient (Wildman–Crippen LogP) is 3.43. The van der Waals surface area contributed by atoms with Crippen LogP contribution in [0.3, 0.4) is 0 Å². The summed E-state index contributed by atoms with van der Waals surface area (Å²) >= 11 is 2.04. The summed E-state index contributed by atoms with van der Waals surface area (Å²) in [6.45, 7) is 2.29. The molecule has 2 unspecified atom stereocenters. The van der Waals surface area contributed by atoms with E-state index in [1.54, 1.807) is 0 Å². The van der Waals surface area contributed by atoms with Crippen LogP contribution in [0.15, 0.2) is 35.1 Å². The van der Waals surface area contributed by atoms with Gasteiger partial charge in [-0.15, -0.1) is 10.2 Å². The second-order valence-electron chi connectivity index (χ2n) is 4.79. The Morgan fingerprint density at radius 1 is 1.42 bits per heavy atom. The number of hydrogen-bond donors (Lipinski definition) is 1. The minimum Gasteiger partial charge on any atom is -0.423 e. The number of nitrogens with zero attached hydrogens (tertiary/aromatic N) is 2. The average Bonchev–Trinajstić information content (AvgIpc) is 2.96. The number of rotatable bonds is 3. The highest BCUT2D eigenvalue weighted by Gasteiger charge is 2.21. The van der Waals surface area contributed by atoms with Crippen molar-refractivity contribution in [2.24, 2.45) is 0 Å². The molecular weight excluding hydrogens is 258 g/mol. The third-order valence-electron chi connectivity index (χ3n) is 3.43. The van der Waals surface area contributed by atoms with Crippen molar-refractivity contribution in [1.29, 1.82) is 0 Å². The Balaban J connectivity index is 1.76. The van der Waals surface area contributed by atoms with Gasteiger partial charge in [0.05, 0.1) is 0 Å². The highest BCUT2D eigenvalue weighted by atomic mass is 32.2. The molecule has 1 saturated heterocycles. The average molecular weight is 275 g/mol. The third-order valence-corrected chi connectivity index (χ3v) is 4.81. The van der Waals surface area contributed by atoms with Crippen LogP contribution in [0.4, 0.5) is 5.69 Å². The highest BCUT2D eigenvalue weighted by molar-refractivity contribution is 8.00. The molecule has 1 aliphatic rings. The summed E-state index contributed by atoms with van der Waals surface area (Å²) in [7, 11) is 0. The fourth-order valence-electron chi connectivity index (χ4n) is 2.37. The molecule has 1 fully saturated rings. The molecule has 3 rings (SSSR count). The molecule has 0 amide bonds. The molecule has 2 heterocycles. The number of anilines is 1. The predicted molar refractivity (Wildman–Crippen MR) is 78.3 cm³/mol. The quantitative estimate of drug-likeness (QED) is 0.930. The summed E-state index contributed by atoms with van der Waals surface area (Å²) in [6.07, 6.45) is 3.88. The smallest absolute Gasteiger partial charge is 0.247 e. The van der Waals surface area contributed by atoms with Crippen LogP contribution in [0.25, 0.3) is 11.5 Å². The van der Waals surface area contributed by atoms with Gasteiger partial charge in [-0.2, -0.15) is 11.8 Å². The van der Waals surface area contributed by atoms with Crippen LogP contribution in [-0.2, 0) is 0 Å². The van der Waals surface area contributed by atoms with Crippen molar-refractivity contribution in [3.8, 4) is 11.5 Å². The van der Waals surface area contributed by atoms with Crippen molar-refractivity contribution in [1.82, 2.24) is 10.2 Å². The van der Waals surface area contributed by atoms with Gasteiger partial charge >= 0.3 is 0 Å². The Labute approximate surface area is 117 Å². The molecule has 2 atom stereocenters. The van der Waals surface area contributed by atoms with E-state index in [-0.39, 0.29) is 0 Å². The van der Waals surface area contributed by atoms with Gasteiger partial charge in [0.1, 0.15) is 0 Å². The van der Waals surface area contributed by atoms with E-state index in [0.717, 1.165) is 11.3 Å². The maximum Gasteiger partial charge on any atom is 0.247 e. The number of aromatic nitrogens is 2. The van der Waals surface area contributed by atoms with E-state index in [2.05, 4.69) is 34.6 Å². The maximum absolute atomic E-state index is 5.23. The first-order valence-corrected chi connectivity index (χ1v) is 7.62. The van der Waals surface area contributed by atoms with Gasteiger partial charge in [-0.3, -0.25) is 0 Å². The first-order valence-electron chi connectivity index (χ1n) is 6.57. The minimum absolute atomic E-state index is 0.539. The van der Waals surface area contributed by atoms with E-state index in [9.17, 15) is 0 Å². The van der Waals surface area contributed by atoms with Gasteiger partial charge in [-0.1, -0.05) is 13.0 Å². The van der Waals surface area contributed by atoms with Gasteiger partial charge in [0, 0.05) is 22.5 Å². The molecule has 4 nitrogen and oxygen atoms in total. The largest absolute Gasteiger partial charge is 0.423 e. The highest BCUT2D eigenvalue weighted by Crippen LogP contribution is 2.28. The molecule has 0 spiro atoms. The molecule has 1 aromatic heterocycles. The topological polar surface area (TPSA) is 51.0 Å². The Morgan fingerprint density at radius 2 is 2.37 bits per heavy atom. The fraction of sp³-hybridized carbons (Fsp3) is 0.429. The van der Waals surface area contributed by atoms with Crippen molar-refractivity contribution < 1.29 is 4.42 Å². The van der Waals surface area contributed by atoms with Crippen molar-refractivity contribution in [3.63, 3.8) is 0 Å². The minimum atomic E-state index is 0.539. The molecule has 100 valence electrons. The summed E-state index contributed by atoms with van der Waals surface area (Å²) in [5, 5.41) is 11.9. The molecule has 5 heteroatoms. The van der Waals surface area contributed by atoms with Crippen molar-refractivity contribution in [2.45, 2.75) is 31.1 Å². The van der Waals surface area contributed by atoms with Crippen molar-refractivity contribution >= 4 is 17.4 Å². The molecular formula is C14H17N3OS. The van der Waals surface area contributed by atoms with E-state index < -0.39 is 0 Å². The number of hydrogen-bond acceptors (Lipinski definition) is 5. The summed E-state index contributed by atoms with van der Waals surface area (Å²) in [6, 6.07) is 8.70. The van der Waals surface area contributed by atoms with Crippen LogP contribution in [0.2, 0.25) is 0 Å². The second kappa shape index (κ2) is 5.65. The van der Waals surface area contributed by atoms with Gasteiger partial charge in [0.2, 0.25) is 12.3 Å².